The zero-order valence-electron chi connectivity index (χ0n) is 17.7. The largest absolute Gasteiger partial charge is 0.394 e. The maximum absolute atomic E-state index is 11.0. The van der Waals surface area contributed by atoms with E-state index in [-0.39, 0.29) is 19.4 Å². The maximum atomic E-state index is 11.0. The van der Waals surface area contributed by atoms with Crippen LogP contribution in [0.5, 0.6) is 0 Å². The van der Waals surface area contributed by atoms with E-state index in [4.69, 9.17) is 47.6 Å². The van der Waals surface area contributed by atoms with E-state index in [9.17, 15) is 25.5 Å². The topological polar surface area (TPSA) is 268 Å². The van der Waals surface area contributed by atoms with Crippen molar-refractivity contribution in [1.82, 2.24) is 0 Å². The lowest BCUT2D eigenvalue weighted by molar-refractivity contribution is -0.314. The molecule has 0 aromatic rings. The Morgan fingerprint density at radius 1 is 0.719 bits per heavy atom. The van der Waals surface area contributed by atoms with Crippen LogP contribution in [0.4, 0.5) is 0 Å². The molecule has 2 saturated heterocycles. The Bertz CT molecular complexity index is 607. The van der Waals surface area contributed by atoms with Gasteiger partial charge >= 0.3 is 0 Å². The van der Waals surface area contributed by atoms with Crippen molar-refractivity contribution in [3.8, 4) is 0 Å². The highest BCUT2D eigenvalue weighted by atomic mass is 16.7. The van der Waals surface area contributed by atoms with Gasteiger partial charge in [0.1, 0.15) is 36.6 Å². The van der Waals surface area contributed by atoms with Crippen LogP contribution < -0.4 is 28.7 Å². The molecule has 188 valence electrons. The van der Waals surface area contributed by atoms with Gasteiger partial charge in [0.2, 0.25) is 0 Å². The minimum Gasteiger partial charge on any atom is -0.394 e. The van der Waals surface area contributed by atoms with Gasteiger partial charge < -0.3 is 73.1 Å². The first-order valence-corrected chi connectivity index (χ1v) is 10.8. The standard InChI is InChI=1S/C18H37N5O9/c19-3-9-8(25)2-7(22)17(29-9)31-15-5(20)1-6(21)16(14(15)28)32-18-13(27)11(23)12(26)10(4-24)30-18/h5-18,24-28H,1-4,19-23H2/t5?,6-,7?,8+,9?,10-,11?,12?,13-,14?,15-,16?,17-,18?/m1/s1. The van der Waals surface area contributed by atoms with Gasteiger partial charge in [0.25, 0.3) is 0 Å². The van der Waals surface area contributed by atoms with Crippen LogP contribution in [0.1, 0.15) is 12.8 Å². The van der Waals surface area contributed by atoms with E-state index in [1.54, 1.807) is 0 Å². The van der Waals surface area contributed by atoms with E-state index in [1.165, 1.54) is 0 Å². The van der Waals surface area contributed by atoms with E-state index in [0.717, 1.165) is 0 Å². The van der Waals surface area contributed by atoms with Crippen LogP contribution in [-0.4, -0.2) is 124 Å². The Kier molecular flexibility index (Phi) is 8.79. The van der Waals surface area contributed by atoms with Gasteiger partial charge in [-0.25, -0.2) is 0 Å². The summed E-state index contributed by atoms with van der Waals surface area (Å²) in [7, 11) is 0. The monoisotopic (exact) mass is 467 g/mol. The van der Waals surface area contributed by atoms with Crippen LogP contribution in [0, 0.1) is 0 Å². The highest BCUT2D eigenvalue weighted by Crippen LogP contribution is 2.30. The molecule has 32 heavy (non-hydrogen) atoms. The van der Waals surface area contributed by atoms with Gasteiger partial charge in [0.15, 0.2) is 12.6 Å². The lowest BCUT2D eigenvalue weighted by Crippen LogP contribution is -2.68. The van der Waals surface area contributed by atoms with Gasteiger partial charge in [-0.2, -0.15) is 0 Å². The van der Waals surface area contributed by atoms with Crippen molar-refractivity contribution in [3.05, 3.63) is 0 Å². The molecule has 0 spiro atoms. The summed E-state index contributed by atoms with van der Waals surface area (Å²) < 4.78 is 22.7. The van der Waals surface area contributed by atoms with Crippen LogP contribution in [0.3, 0.4) is 0 Å². The summed E-state index contributed by atoms with van der Waals surface area (Å²) in [6.07, 6.45) is -10.8. The second-order valence-electron chi connectivity index (χ2n) is 8.78. The molecule has 15 N–H and O–H groups in total. The SMILES string of the molecule is NCC1O[C@H](O[C@@H]2C(N)C[C@@H](N)C(OC3O[C@H](CO)C(O)C(N)[C@H]3O)C2O)C(N)C[C@@H]1O. The zero-order valence-corrected chi connectivity index (χ0v) is 17.7. The fraction of sp³-hybridized carbons (Fsp3) is 1.00. The molecule has 14 atom stereocenters. The van der Waals surface area contributed by atoms with Gasteiger partial charge in [0, 0.05) is 18.6 Å². The molecule has 3 rings (SSSR count). The van der Waals surface area contributed by atoms with Gasteiger partial charge in [-0.3, -0.25) is 0 Å². The van der Waals surface area contributed by atoms with Crippen molar-refractivity contribution in [3.63, 3.8) is 0 Å². The van der Waals surface area contributed by atoms with Gasteiger partial charge in [-0.15, -0.1) is 0 Å². The number of aliphatic hydroxyl groups excluding tert-OH is 5. The lowest BCUT2D eigenvalue weighted by atomic mass is 9.84. The quantitative estimate of drug-likeness (QED) is 0.174. The van der Waals surface area contributed by atoms with E-state index in [0.29, 0.717) is 0 Å². The Morgan fingerprint density at radius 3 is 1.84 bits per heavy atom. The molecule has 8 unspecified atom stereocenters. The second-order valence-corrected chi connectivity index (χ2v) is 8.78. The highest BCUT2D eigenvalue weighted by molar-refractivity contribution is 5.01. The van der Waals surface area contributed by atoms with Gasteiger partial charge in [-0.1, -0.05) is 0 Å². The van der Waals surface area contributed by atoms with Gasteiger partial charge in [-0.05, 0) is 12.8 Å². The van der Waals surface area contributed by atoms with Gasteiger partial charge in [0.05, 0.1) is 30.9 Å². The summed E-state index contributed by atoms with van der Waals surface area (Å²) in [5.74, 6) is 0. The molecule has 0 amide bonds. The number of nitrogens with two attached hydrogens (primary N) is 5. The molecule has 1 saturated carbocycles. The summed E-state index contributed by atoms with van der Waals surface area (Å²) in [5.41, 5.74) is 29.8. The maximum Gasteiger partial charge on any atom is 0.186 e. The summed E-state index contributed by atoms with van der Waals surface area (Å²) >= 11 is 0. The number of hydrogen-bond acceptors (Lipinski definition) is 14. The molecule has 2 aliphatic heterocycles. The molecule has 1 aliphatic carbocycles. The van der Waals surface area contributed by atoms with Crippen LogP contribution in [0.2, 0.25) is 0 Å². The summed E-state index contributed by atoms with van der Waals surface area (Å²) in [6, 6.07) is -3.27. The summed E-state index contributed by atoms with van der Waals surface area (Å²) in [4.78, 5) is 0. The normalized spacial score (nSPS) is 52.7. The van der Waals surface area contributed by atoms with Crippen molar-refractivity contribution in [2.45, 2.75) is 98.4 Å². The minimum atomic E-state index is -1.44. The Balaban J connectivity index is 1.70. The predicted octanol–water partition coefficient (Wildman–Crippen LogP) is -6.30. The predicted molar refractivity (Wildman–Crippen MR) is 108 cm³/mol. The van der Waals surface area contributed by atoms with Crippen molar-refractivity contribution in [2.75, 3.05) is 13.2 Å². The third kappa shape index (κ3) is 5.24. The third-order valence-corrected chi connectivity index (χ3v) is 6.41. The molecule has 0 aromatic heterocycles. The first-order valence-electron chi connectivity index (χ1n) is 10.8. The molecular formula is C18H37N5O9. The molecule has 0 bridgehead atoms. The van der Waals surface area contributed by atoms with Crippen molar-refractivity contribution in [1.29, 1.82) is 0 Å². The third-order valence-electron chi connectivity index (χ3n) is 6.41. The Labute approximate surface area is 185 Å². The molecular weight excluding hydrogens is 430 g/mol. The second kappa shape index (κ2) is 10.8. The average molecular weight is 468 g/mol. The van der Waals surface area contributed by atoms with Crippen LogP contribution >= 0.6 is 0 Å². The molecule has 2 heterocycles. The van der Waals surface area contributed by atoms with E-state index in [2.05, 4.69) is 0 Å². The molecule has 14 heteroatoms. The fourth-order valence-electron chi connectivity index (χ4n) is 4.43. The summed E-state index contributed by atoms with van der Waals surface area (Å²) in [6.45, 7) is -0.499. The van der Waals surface area contributed by atoms with E-state index < -0.39 is 92.2 Å². The van der Waals surface area contributed by atoms with Crippen molar-refractivity contribution in [2.24, 2.45) is 28.7 Å². The molecule has 0 radical (unpaired) electrons. The Morgan fingerprint density at radius 2 is 1.28 bits per heavy atom. The number of hydrogen-bond donors (Lipinski definition) is 10. The van der Waals surface area contributed by atoms with Crippen LogP contribution in [0.25, 0.3) is 0 Å². The molecule has 0 aromatic carbocycles. The van der Waals surface area contributed by atoms with E-state index in [1.807, 2.05) is 0 Å². The van der Waals surface area contributed by atoms with Crippen LogP contribution in [0.15, 0.2) is 0 Å². The smallest absolute Gasteiger partial charge is 0.186 e. The molecule has 3 aliphatic rings. The van der Waals surface area contributed by atoms with Crippen molar-refractivity contribution >= 4 is 0 Å². The first-order chi connectivity index (χ1) is 15.1. The van der Waals surface area contributed by atoms with Crippen molar-refractivity contribution < 1.29 is 44.5 Å². The zero-order chi connectivity index (χ0) is 23.7. The Hall–Kier alpha value is -0.560. The number of aliphatic hydroxyl groups is 5. The number of rotatable bonds is 6. The minimum absolute atomic E-state index is 0.0542. The molecule has 3 fully saturated rings. The number of ether oxygens (including phenoxy) is 4. The van der Waals surface area contributed by atoms with E-state index >= 15 is 0 Å². The van der Waals surface area contributed by atoms with Crippen LogP contribution in [-0.2, 0) is 18.9 Å². The highest BCUT2D eigenvalue weighted by Gasteiger charge is 2.50. The fourth-order valence-corrected chi connectivity index (χ4v) is 4.43. The first kappa shape index (κ1) is 26.1. The molecule has 14 nitrogen and oxygen atoms in total. The summed E-state index contributed by atoms with van der Waals surface area (Å²) in [5, 5.41) is 50.7. The lowest BCUT2D eigenvalue weighted by Gasteiger charge is -2.47. The average Bonchev–Trinajstić information content (AvgIpc) is 2.75.